The molecule has 4 aromatic rings. The van der Waals surface area contributed by atoms with E-state index in [1.165, 1.54) is 25.0 Å². The SMILES string of the molecule is CCOc1cc(O[C@H]2CCc3c(-c4cccc5c4CC[C@@H]5Oc4cc(OCC)c(CN(C)[C@@](C)(CO)C(=O)O)cc4Cl)cccc32)c(Cl)cc1CN(C)[C@@](C)(CO)C(=O)O. The number of fused-ring (bicyclic) bond motifs is 2. The highest BCUT2D eigenvalue weighted by Crippen LogP contribution is 2.47. The van der Waals surface area contributed by atoms with E-state index in [0.29, 0.717) is 57.4 Å². The molecular weight excluding hydrogens is 811 g/mol. The smallest absolute Gasteiger partial charge is 0.326 e. The molecule has 0 bridgehead atoms. The van der Waals surface area contributed by atoms with Crippen molar-refractivity contribution in [2.45, 2.75) is 89.8 Å². The number of aliphatic carboxylic acids is 2. The maximum absolute atomic E-state index is 12.0. The number of likely N-dealkylation sites (N-methyl/N-ethyl adjacent to an activating group) is 2. The maximum Gasteiger partial charge on any atom is 0.326 e. The van der Waals surface area contributed by atoms with E-state index in [4.69, 9.17) is 42.1 Å². The first-order valence-corrected chi connectivity index (χ1v) is 20.9. The summed E-state index contributed by atoms with van der Waals surface area (Å²) in [5.74, 6) is -0.288. The second-order valence-electron chi connectivity index (χ2n) is 15.9. The van der Waals surface area contributed by atoms with Crippen molar-refractivity contribution in [3.8, 4) is 34.1 Å². The van der Waals surface area contributed by atoms with Gasteiger partial charge in [-0.25, -0.2) is 0 Å². The molecule has 0 spiro atoms. The molecule has 0 heterocycles. The van der Waals surface area contributed by atoms with Crippen LogP contribution in [0.2, 0.25) is 10.0 Å². The highest BCUT2D eigenvalue weighted by molar-refractivity contribution is 6.32. The van der Waals surface area contributed by atoms with Crippen LogP contribution in [-0.4, -0.2) is 93.8 Å². The summed E-state index contributed by atoms with van der Waals surface area (Å²) in [5, 5.41) is 40.1. The van der Waals surface area contributed by atoms with Gasteiger partial charge in [0.2, 0.25) is 0 Å². The van der Waals surface area contributed by atoms with E-state index in [2.05, 4.69) is 36.4 Å². The molecule has 2 aliphatic carbocycles. The van der Waals surface area contributed by atoms with Gasteiger partial charge in [0.15, 0.2) is 0 Å². The Hall–Kier alpha value is -4.56. The standard InChI is InChI=1S/C46H54Cl2N2O10/c1-7-57-39-21-41(35(47)19-27(39)23-49(5)45(3,25-51)43(53)54)59-37-17-15-31-29(11-9-13-33(31)37)30-12-10-14-34-32(30)16-18-38(34)60-42-22-40(58-8-2)28(20-36(42)48)24-50(6)46(4,26-52)44(55)56/h9-14,19-22,37-38,51-52H,7-8,15-18,23-26H2,1-6H3,(H,53,54)(H,55,56)/t37-,38-,45-,46-/m0/s1. The molecule has 60 heavy (non-hydrogen) atoms. The highest BCUT2D eigenvalue weighted by Gasteiger charge is 2.39. The van der Waals surface area contributed by atoms with Crippen molar-refractivity contribution in [1.29, 1.82) is 0 Å². The number of carboxylic acids is 2. The van der Waals surface area contributed by atoms with E-state index in [1.54, 1.807) is 48.2 Å². The number of aliphatic hydroxyl groups excluding tert-OH is 2. The van der Waals surface area contributed by atoms with Gasteiger partial charge < -0.3 is 39.4 Å². The summed E-state index contributed by atoms with van der Waals surface area (Å²) in [6, 6.07) is 19.6. The molecule has 322 valence electrons. The number of carboxylic acid groups (broad SMARTS) is 2. The molecule has 0 saturated heterocycles. The van der Waals surface area contributed by atoms with Crippen LogP contribution in [0.3, 0.4) is 0 Å². The summed E-state index contributed by atoms with van der Waals surface area (Å²) in [6.45, 7) is 6.66. The monoisotopic (exact) mass is 864 g/mol. The number of hydrogen-bond acceptors (Lipinski definition) is 10. The number of hydrogen-bond donors (Lipinski definition) is 4. The number of benzene rings is 4. The van der Waals surface area contributed by atoms with Crippen LogP contribution in [0.5, 0.6) is 23.0 Å². The third-order valence-corrected chi connectivity index (χ3v) is 12.7. The van der Waals surface area contributed by atoms with E-state index in [0.717, 1.165) is 47.9 Å². The van der Waals surface area contributed by atoms with Gasteiger partial charge in [0.05, 0.1) is 36.5 Å². The first-order valence-electron chi connectivity index (χ1n) is 20.2. The van der Waals surface area contributed by atoms with Crippen molar-refractivity contribution in [2.75, 3.05) is 40.5 Å². The molecule has 0 amide bonds. The lowest BCUT2D eigenvalue weighted by Crippen LogP contribution is -2.52. The van der Waals surface area contributed by atoms with Crippen LogP contribution in [0.1, 0.15) is 86.1 Å². The molecule has 6 rings (SSSR count). The third kappa shape index (κ3) is 8.77. The quantitative estimate of drug-likeness (QED) is 0.0719. The first kappa shape index (κ1) is 45.0. The largest absolute Gasteiger partial charge is 0.493 e. The molecule has 0 aromatic heterocycles. The van der Waals surface area contributed by atoms with Gasteiger partial charge in [-0.1, -0.05) is 59.6 Å². The average molecular weight is 866 g/mol. The fraction of sp³-hybridized carbons (Fsp3) is 0.435. The normalized spacial score (nSPS) is 17.8. The Morgan fingerprint density at radius 1 is 0.667 bits per heavy atom. The maximum atomic E-state index is 12.0. The number of ether oxygens (including phenoxy) is 4. The molecule has 14 heteroatoms. The molecule has 0 fully saturated rings. The zero-order chi connectivity index (χ0) is 43.5. The van der Waals surface area contributed by atoms with Gasteiger partial charge in [0.25, 0.3) is 0 Å². The lowest BCUT2D eigenvalue weighted by Gasteiger charge is -2.33. The lowest BCUT2D eigenvalue weighted by atomic mass is 9.91. The van der Waals surface area contributed by atoms with Crippen molar-refractivity contribution in [3.63, 3.8) is 0 Å². The zero-order valence-electron chi connectivity index (χ0n) is 34.9. The van der Waals surface area contributed by atoms with Crippen LogP contribution in [-0.2, 0) is 35.5 Å². The van der Waals surface area contributed by atoms with Crippen LogP contribution in [0, 0.1) is 0 Å². The molecule has 4 aromatic carbocycles. The van der Waals surface area contributed by atoms with E-state index in [9.17, 15) is 30.0 Å². The minimum Gasteiger partial charge on any atom is -0.493 e. The molecule has 0 aliphatic heterocycles. The third-order valence-electron chi connectivity index (χ3n) is 12.1. The number of aliphatic hydroxyl groups is 2. The second-order valence-corrected chi connectivity index (χ2v) is 16.7. The van der Waals surface area contributed by atoms with E-state index in [-0.39, 0.29) is 25.3 Å². The van der Waals surface area contributed by atoms with Crippen LogP contribution in [0.4, 0.5) is 0 Å². The van der Waals surface area contributed by atoms with E-state index < -0.39 is 36.2 Å². The molecule has 0 saturated carbocycles. The summed E-state index contributed by atoms with van der Waals surface area (Å²) in [4.78, 5) is 27.0. The predicted molar refractivity (Wildman–Crippen MR) is 230 cm³/mol. The number of nitrogens with zero attached hydrogens (tertiary/aromatic N) is 2. The van der Waals surface area contributed by atoms with Crippen molar-refractivity contribution in [2.24, 2.45) is 0 Å². The Morgan fingerprint density at radius 3 is 1.38 bits per heavy atom. The van der Waals surface area contributed by atoms with Gasteiger partial charge >= 0.3 is 11.9 Å². The van der Waals surface area contributed by atoms with Gasteiger partial charge in [-0.2, -0.15) is 0 Å². The number of carbonyl (C=O) groups is 2. The summed E-state index contributed by atoms with van der Waals surface area (Å²) < 4.78 is 25.2. The van der Waals surface area contributed by atoms with Crippen molar-refractivity contribution < 1.29 is 49.0 Å². The number of halogens is 2. The van der Waals surface area contributed by atoms with Crippen molar-refractivity contribution in [1.82, 2.24) is 9.80 Å². The molecule has 12 nitrogen and oxygen atoms in total. The van der Waals surface area contributed by atoms with Crippen molar-refractivity contribution in [3.05, 3.63) is 104 Å². The predicted octanol–water partition coefficient (Wildman–Crippen LogP) is 8.13. The Labute approximate surface area is 361 Å². The Kier molecular flexibility index (Phi) is 13.9. The first-order chi connectivity index (χ1) is 28.6. The molecular formula is C46H54Cl2N2O10. The molecule has 2 aliphatic rings. The Balaban J connectivity index is 1.23. The van der Waals surface area contributed by atoms with Crippen LogP contribution in [0.15, 0.2) is 60.7 Å². The van der Waals surface area contributed by atoms with Gasteiger partial charge in [0.1, 0.15) is 46.3 Å². The van der Waals surface area contributed by atoms with Crippen LogP contribution < -0.4 is 18.9 Å². The zero-order valence-corrected chi connectivity index (χ0v) is 36.4. The van der Waals surface area contributed by atoms with Crippen LogP contribution in [0.25, 0.3) is 11.1 Å². The molecule has 0 unspecified atom stereocenters. The molecule has 4 N–H and O–H groups in total. The summed E-state index contributed by atoms with van der Waals surface area (Å²) in [5.41, 5.74) is 5.23. The lowest BCUT2D eigenvalue weighted by molar-refractivity contribution is -0.153. The summed E-state index contributed by atoms with van der Waals surface area (Å²) in [7, 11) is 3.27. The number of rotatable bonds is 19. The van der Waals surface area contributed by atoms with Crippen LogP contribution >= 0.6 is 23.2 Å². The minimum atomic E-state index is -1.49. The van der Waals surface area contributed by atoms with E-state index >= 15 is 0 Å². The fourth-order valence-electron chi connectivity index (χ4n) is 8.01. The van der Waals surface area contributed by atoms with Gasteiger partial charge in [-0.05, 0) is 113 Å². The second kappa shape index (κ2) is 18.6. The average Bonchev–Trinajstić information content (AvgIpc) is 3.84. The minimum absolute atomic E-state index is 0.176. The van der Waals surface area contributed by atoms with Gasteiger partial charge in [-0.15, -0.1) is 0 Å². The fourth-order valence-corrected chi connectivity index (χ4v) is 8.47. The Bertz CT molecular complexity index is 2080. The van der Waals surface area contributed by atoms with Gasteiger partial charge in [-0.3, -0.25) is 19.4 Å². The van der Waals surface area contributed by atoms with E-state index in [1.807, 2.05) is 13.8 Å². The molecule has 4 atom stereocenters. The summed E-state index contributed by atoms with van der Waals surface area (Å²) in [6.07, 6.45) is 2.57. The highest BCUT2D eigenvalue weighted by atomic mass is 35.5. The summed E-state index contributed by atoms with van der Waals surface area (Å²) >= 11 is 13.7. The molecule has 0 radical (unpaired) electrons. The topological polar surface area (TPSA) is 158 Å². The van der Waals surface area contributed by atoms with Gasteiger partial charge in [0, 0.05) is 36.3 Å². The van der Waals surface area contributed by atoms with Crippen molar-refractivity contribution >= 4 is 35.1 Å². The Morgan fingerprint density at radius 2 is 1.05 bits per heavy atom.